The van der Waals surface area contributed by atoms with Gasteiger partial charge in [0.05, 0.1) is 14.2 Å². The molecule has 1 unspecified atom stereocenters. The number of sulfonamides is 1. The molecule has 0 saturated carbocycles. The van der Waals surface area contributed by atoms with E-state index in [9.17, 15) is 23.4 Å². The summed E-state index contributed by atoms with van der Waals surface area (Å²) in [5, 5.41) is 34.1. The van der Waals surface area contributed by atoms with Crippen molar-refractivity contribution in [3.05, 3.63) is 42.5 Å². The van der Waals surface area contributed by atoms with Gasteiger partial charge in [-0.15, -0.1) is 10.2 Å². The molecule has 3 rings (SSSR count). The zero-order valence-corrected chi connectivity index (χ0v) is 18.7. The zero-order valence-electron chi connectivity index (χ0n) is 17.8. The Hall–Kier alpha value is -3.90. The third-order valence-electron chi connectivity index (χ3n) is 4.65. The first kappa shape index (κ1) is 23.8. The number of nitrogens with zero attached hydrogens (tertiary/aromatic N) is 2. The van der Waals surface area contributed by atoms with Gasteiger partial charge in [-0.1, -0.05) is 24.3 Å². The number of carboxylic acids is 1. The van der Waals surface area contributed by atoms with Crippen LogP contribution >= 0.6 is 0 Å². The fourth-order valence-corrected chi connectivity index (χ4v) is 3.68. The smallest absolute Gasteiger partial charge is 0.344 e. The number of carbonyl (C=O) groups is 1. The SMILES string of the molecule is COc1cc(S(N)(=O)=O)c(OC)cc1/N=N/c1cc(OC(C)C(=O)O)c2ccccc2c1O. The van der Waals surface area contributed by atoms with Gasteiger partial charge in [-0.2, -0.15) is 0 Å². The van der Waals surface area contributed by atoms with E-state index in [0.29, 0.717) is 10.8 Å². The highest BCUT2D eigenvalue weighted by Gasteiger charge is 2.20. The van der Waals surface area contributed by atoms with Crippen molar-refractivity contribution in [3.8, 4) is 23.0 Å². The number of phenols is 1. The second kappa shape index (κ2) is 9.30. The Morgan fingerprint density at radius 3 is 2.12 bits per heavy atom. The maximum atomic E-state index is 11.8. The minimum absolute atomic E-state index is 0.0159. The van der Waals surface area contributed by atoms with Crippen LogP contribution in [0.4, 0.5) is 11.4 Å². The first-order valence-electron chi connectivity index (χ1n) is 9.41. The lowest BCUT2D eigenvalue weighted by molar-refractivity contribution is -0.144. The number of primary sulfonamides is 1. The van der Waals surface area contributed by atoms with Crippen molar-refractivity contribution in [1.29, 1.82) is 0 Å². The number of azo groups is 1. The molecule has 12 heteroatoms. The fraction of sp³-hybridized carbons (Fsp3) is 0.190. The monoisotopic (exact) mass is 475 g/mol. The van der Waals surface area contributed by atoms with Crippen LogP contribution in [0.3, 0.4) is 0 Å². The lowest BCUT2D eigenvalue weighted by atomic mass is 10.1. The van der Waals surface area contributed by atoms with Gasteiger partial charge in [0.2, 0.25) is 10.0 Å². The number of benzene rings is 3. The molecule has 0 aromatic heterocycles. The topological polar surface area (TPSA) is 170 Å². The van der Waals surface area contributed by atoms with E-state index in [4.69, 9.17) is 19.3 Å². The molecule has 0 saturated heterocycles. The van der Waals surface area contributed by atoms with Gasteiger partial charge in [-0.25, -0.2) is 18.4 Å². The molecule has 1 atom stereocenters. The van der Waals surface area contributed by atoms with Gasteiger partial charge in [-0.3, -0.25) is 0 Å². The van der Waals surface area contributed by atoms with Gasteiger partial charge in [0, 0.05) is 29.0 Å². The number of ether oxygens (including phenoxy) is 3. The molecule has 3 aromatic carbocycles. The zero-order chi connectivity index (χ0) is 24.3. The molecule has 0 aliphatic rings. The van der Waals surface area contributed by atoms with Crippen LogP contribution < -0.4 is 19.3 Å². The number of carboxylic acid groups (broad SMARTS) is 1. The Balaban J connectivity index is 2.14. The Bertz CT molecular complexity index is 1360. The van der Waals surface area contributed by atoms with Crippen molar-refractivity contribution in [2.24, 2.45) is 15.4 Å². The van der Waals surface area contributed by atoms with E-state index in [1.54, 1.807) is 24.3 Å². The van der Waals surface area contributed by atoms with Crippen LogP contribution in [0.2, 0.25) is 0 Å². The van der Waals surface area contributed by atoms with Gasteiger partial charge in [0.15, 0.2) is 11.9 Å². The molecule has 4 N–H and O–H groups in total. The summed E-state index contributed by atoms with van der Waals surface area (Å²) in [6.45, 7) is 1.37. The molecule has 0 bridgehead atoms. The molecular weight excluding hydrogens is 454 g/mol. The molecule has 0 amide bonds. The van der Waals surface area contributed by atoms with E-state index >= 15 is 0 Å². The van der Waals surface area contributed by atoms with Gasteiger partial charge in [0.25, 0.3) is 0 Å². The summed E-state index contributed by atoms with van der Waals surface area (Å²) in [6, 6.07) is 10.4. The molecule has 0 spiro atoms. The Kier molecular flexibility index (Phi) is 6.70. The van der Waals surface area contributed by atoms with Crippen molar-refractivity contribution in [2.75, 3.05) is 14.2 Å². The fourth-order valence-electron chi connectivity index (χ4n) is 2.99. The standard InChI is InChI=1S/C21H21N3O8S/c1-11(21(26)27)32-16-9-15(20(25)13-7-5-4-6-12(13)16)24-23-14-8-18(31-3)19(33(22,28)29)10-17(14)30-2/h4-11,25H,1-3H3,(H,26,27)(H2,22,28,29)/b24-23+. The van der Waals surface area contributed by atoms with Gasteiger partial charge in [-0.05, 0) is 6.92 Å². The third kappa shape index (κ3) is 4.96. The molecule has 0 aliphatic heterocycles. The van der Waals surface area contributed by atoms with Crippen LogP contribution in [0.15, 0.2) is 57.6 Å². The normalized spacial score (nSPS) is 12.6. The Morgan fingerprint density at radius 1 is 0.970 bits per heavy atom. The van der Waals surface area contributed by atoms with Crippen LogP contribution in [0.5, 0.6) is 23.0 Å². The van der Waals surface area contributed by atoms with Crippen molar-refractivity contribution in [1.82, 2.24) is 0 Å². The summed E-state index contributed by atoms with van der Waals surface area (Å²) in [7, 11) is -1.53. The number of aromatic hydroxyl groups is 1. The molecule has 0 heterocycles. The maximum absolute atomic E-state index is 11.8. The van der Waals surface area contributed by atoms with Crippen molar-refractivity contribution in [3.63, 3.8) is 0 Å². The molecule has 11 nitrogen and oxygen atoms in total. The predicted molar refractivity (Wildman–Crippen MR) is 118 cm³/mol. The second-order valence-electron chi connectivity index (χ2n) is 6.81. The van der Waals surface area contributed by atoms with Gasteiger partial charge >= 0.3 is 5.97 Å². The number of rotatable bonds is 8. The van der Waals surface area contributed by atoms with E-state index < -0.39 is 22.1 Å². The van der Waals surface area contributed by atoms with Crippen molar-refractivity contribution < 1.29 is 37.6 Å². The third-order valence-corrected chi connectivity index (χ3v) is 5.58. The summed E-state index contributed by atoms with van der Waals surface area (Å²) in [5.41, 5.74) is 0.0773. The maximum Gasteiger partial charge on any atom is 0.344 e. The molecule has 3 aromatic rings. The average Bonchev–Trinajstić information content (AvgIpc) is 2.78. The number of fused-ring (bicyclic) bond motifs is 1. The molecule has 174 valence electrons. The second-order valence-corrected chi connectivity index (χ2v) is 8.34. The number of aliphatic carboxylic acids is 1. The number of phenolic OH excluding ortho intramolecular Hbond substituents is 1. The van der Waals surface area contributed by atoms with E-state index in [1.807, 2.05) is 0 Å². The van der Waals surface area contributed by atoms with Crippen LogP contribution in [0, 0.1) is 0 Å². The highest BCUT2D eigenvalue weighted by Crippen LogP contribution is 2.43. The van der Waals surface area contributed by atoms with Crippen LogP contribution in [0.1, 0.15) is 6.92 Å². The summed E-state index contributed by atoms with van der Waals surface area (Å²) >= 11 is 0. The minimum Gasteiger partial charge on any atom is -0.505 e. The summed E-state index contributed by atoms with van der Waals surface area (Å²) in [5.74, 6) is -1.23. The summed E-state index contributed by atoms with van der Waals surface area (Å²) < 4.78 is 39.4. The first-order chi connectivity index (χ1) is 15.6. The summed E-state index contributed by atoms with van der Waals surface area (Å²) in [6.07, 6.45) is -1.15. The van der Waals surface area contributed by atoms with Gasteiger partial charge in [0.1, 0.15) is 33.5 Å². The van der Waals surface area contributed by atoms with E-state index in [-0.39, 0.29) is 39.3 Å². The Morgan fingerprint density at radius 2 is 1.55 bits per heavy atom. The molecule has 0 fully saturated rings. The highest BCUT2D eigenvalue weighted by atomic mass is 32.2. The van der Waals surface area contributed by atoms with Crippen molar-refractivity contribution >= 4 is 38.1 Å². The number of methoxy groups -OCH3 is 2. The lowest BCUT2D eigenvalue weighted by Gasteiger charge is -2.15. The number of hydrogen-bond acceptors (Lipinski definition) is 9. The average molecular weight is 475 g/mol. The van der Waals surface area contributed by atoms with Crippen molar-refractivity contribution in [2.45, 2.75) is 17.9 Å². The quantitative estimate of drug-likeness (QED) is 0.416. The number of nitrogens with two attached hydrogens (primary N) is 1. The molecule has 33 heavy (non-hydrogen) atoms. The van der Waals surface area contributed by atoms with Crippen LogP contribution in [-0.4, -0.2) is 44.9 Å². The van der Waals surface area contributed by atoms with Gasteiger partial charge < -0.3 is 24.4 Å². The van der Waals surface area contributed by atoms with E-state index in [1.165, 1.54) is 33.3 Å². The number of hydrogen-bond donors (Lipinski definition) is 3. The lowest BCUT2D eigenvalue weighted by Crippen LogP contribution is -2.22. The first-order valence-corrected chi connectivity index (χ1v) is 11.0. The van der Waals surface area contributed by atoms with Crippen LogP contribution in [0.25, 0.3) is 10.8 Å². The summed E-state index contributed by atoms with van der Waals surface area (Å²) in [4.78, 5) is 10.9. The Labute approximate surface area is 189 Å². The highest BCUT2D eigenvalue weighted by molar-refractivity contribution is 7.89. The van der Waals surface area contributed by atoms with Crippen LogP contribution in [-0.2, 0) is 14.8 Å². The molecule has 0 radical (unpaired) electrons. The molecular formula is C21H21N3O8S. The minimum atomic E-state index is -4.10. The molecule has 0 aliphatic carbocycles. The van der Waals surface area contributed by atoms with E-state index in [2.05, 4.69) is 10.2 Å². The largest absolute Gasteiger partial charge is 0.505 e. The predicted octanol–water partition coefficient (Wildman–Crippen LogP) is 3.48. The van der Waals surface area contributed by atoms with E-state index in [0.717, 1.165) is 6.07 Å².